The highest BCUT2D eigenvalue weighted by Crippen LogP contribution is 2.31. The molecule has 1 heterocycles. The van der Waals surface area contributed by atoms with Crippen molar-refractivity contribution in [2.45, 2.75) is 56.6 Å². The molecule has 0 atom stereocenters. The number of halogens is 3. The van der Waals surface area contributed by atoms with Crippen molar-refractivity contribution in [3.8, 4) is 11.5 Å². The molecule has 0 N–H and O–H groups in total. The van der Waals surface area contributed by atoms with Crippen molar-refractivity contribution in [1.29, 1.82) is 0 Å². The second-order valence-corrected chi connectivity index (χ2v) is 8.55. The van der Waals surface area contributed by atoms with Gasteiger partial charge in [0.25, 0.3) is 5.22 Å². The largest absolute Gasteiger partial charge is 0.411 e. The van der Waals surface area contributed by atoms with Crippen molar-refractivity contribution >= 4 is 50.9 Å². The first-order valence-electron chi connectivity index (χ1n) is 8.68. The third-order valence-corrected chi connectivity index (χ3v) is 5.83. The fourth-order valence-electron chi connectivity index (χ4n) is 2.46. The lowest BCUT2D eigenvalue weighted by atomic mass is 10.1. The Balaban J connectivity index is 1.62. The van der Waals surface area contributed by atoms with Gasteiger partial charge in [-0.05, 0) is 31.0 Å². The van der Waals surface area contributed by atoms with E-state index in [9.17, 15) is 0 Å². The van der Waals surface area contributed by atoms with Crippen molar-refractivity contribution < 1.29 is 4.42 Å². The van der Waals surface area contributed by atoms with Crippen LogP contribution in [0.2, 0.25) is 10.0 Å². The van der Waals surface area contributed by atoms with Gasteiger partial charge < -0.3 is 4.42 Å². The number of thioether (sulfide) groups is 1. The van der Waals surface area contributed by atoms with Crippen molar-refractivity contribution in [2.24, 2.45) is 0 Å². The van der Waals surface area contributed by atoms with Gasteiger partial charge in [-0.3, -0.25) is 0 Å². The van der Waals surface area contributed by atoms with Gasteiger partial charge in [-0.1, -0.05) is 89.4 Å². The molecule has 0 aliphatic carbocycles. The van der Waals surface area contributed by atoms with Crippen LogP contribution >= 0.6 is 50.9 Å². The zero-order valence-corrected chi connectivity index (χ0v) is 18.1. The fourth-order valence-corrected chi connectivity index (χ4v) is 4.10. The summed E-state index contributed by atoms with van der Waals surface area (Å²) in [6, 6.07) is 5.24. The standard InChI is InChI=1S/C18H23BrCl2N2OS/c19-11-7-5-3-1-2-4-6-8-12-25-18-23-22-17(24-18)15-10-9-14(20)13-16(15)21/h9-10,13H,1-8,11-12H2. The van der Waals surface area contributed by atoms with Crippen LogP contribution in [-0.4, -0.2) is 21.3 Å². The topological polar surface area (TPSA) is 38.9 Å². The summed E-state index contributed by atoms with van der Waals surface area (Å²) < 4.78 is 5.68. The number of rotatable bonds is 12. The summed E-state index contributed by atoms with van der Waals surface area (Å²) in [5.74, 6) is 1.44. The minimum absolute atomic E-state index is 0.438. The first-order valence-corrected chi connectivity index (χ1v) is 11.5. The average molecular weight is 466 g/mol. The molecule has 0 spiro atoms. The maximum atomic E-state index is 6.17. The molecule has 25 heavy (non-hydrogen) atoms. The van der Waals surface area contributed by atoms with Gasteiger partial charge in [-0.15, -0.1) is 10.2 Å². The number of alkyl halides is 1. The van der Waals surface area contributed by atoms with E-state index >= 15 is 0 Å². The molecule has 2 rings (SSSR count). The molecular weight excluding hydrogens is 443 g/mol. The van der Waals surface area contributed by atoms with E-state index in [-0.39, 0.29) is 0 Å². The van der Waals surface area contributed by atoms with E-state index in [0.29, 0.717) is 26.7 Å². The fraction of sp³-hybridized carbons (Fsp3) is 0.556. The molecule has 0 aliphatic heterocycles. The molecule has 2 aromatic rings. The summed E-state index contributed by atoms with van der Waals surface area (Å²) in [6.07, 6.45) is 10.4. The maximum absolute atomic E-state index is 6.17. The van der Waals surface area contributed by atoms with E-state index in [1.165, 1.54) is 51.4 Å². The zero-order valence-electron chi connectivity index (χ0n) is 14.1. The van der Waals surface area contributed by atoms with Gasteiger partial charge in [0.1, 0.15) is 0 Å². The highest BCUT2D eigenvalue weighted by Gasteiger charge is 2.12. The van der Waals surface area contributed by atoms with E-state index < -0.39 is 0 Å². The monoisotopic (exact) mass is 464 g/mol. The lowest BCUT2D eigenvalue weighted by Gasteiger charge is -2.01. The molecule has 7 heteroatoms. The molecule has 138 valence electrons. The predicted octanol–water partition coefficient (Wildman–Crippen LogP) is 7.65. The van der Waals surface area contributed by atoms with Crippen LogP contribution in [0.25, 0.3) is 11.5 Å². The molecule has 0 unspecified atom stereocenters. The van der Waals surface area contributed by atoms with Crippen LogP contribution in [0.5, 0.6) is 0 Å². The molecule has 0 saturated heterocycles. The van der Waals surface area contributed by atoms with Crippen LogP contribution in [0.3, 0.4) is 0 Å². The molecule has 0 aliphatic rings. The third kappa shape index (κ3) is 7.90. The number of hydrogen-bond donors (Lipinski definition) is 0. The Morgan fingerprint density at radius 1 is 0.920 bits per heavy atom. The molecule has 1 aromatic heterocycles. The normalized spacial score (nSPS) is 11.2. The number of unbranched alkanes of at least 4 members (excludes halogenated alkanes) is 7. The molecule has 0 fully saturated rings. The van der Waals surface area contributed by atoms with E-state index in [1.807, 2.05) is 0 Å². The average Bonchev–Trinajstić information content (AvgIpc) is 3.05. The Morgan fingerprint density at radius 3 is 2.28 bits per heavy atom. The highest BCUT2D eigenvalue weighted by atomic mass is 79.9. The van der Waals surface area contributed by atoms with Crippen LogP contribution in [0.1, 0.15) is 51.4 Å². The van der Waals surface area contributed by atoms with Crippen molar-refractivity contribution in [1.82, 2.24) is 10.2 Å². The summed E-state index contributed by atoms with van der Waals surface area (Å²) in [5, 5.41) is 11.0. The predicted molar refractivity (Wildman–Crippen MR) is 111 cm³/mol. The van der Waals surface area contributed by atoms with Crippen LogP contribution in [0.4, 0.5) is 0 Å². The number of nitrogens with zero attached hydrogens (tertiary/aromatic N) is 2. The van der Waals surface area contributed by atoms with Gasteiger partial charge in [0.05, 0.1) is 10.6 Å². The minimum atomic E-state index is 0.438. The Hall–Kier alpha value is -0.230. The van der Waals surface area contributed by atoms with E-state index in [1.54, 1.807) is 30.0 Å². The molecule has 1 aromatic carbocycles. The number of aromatic nitrogens is 2. The molecular formula is C18H23BrCl2N2OS. The summed E-state index contributed by atoms with van der Waals surface area (Å²) >= 11 is 17.1. The third-order valence-electron chi connectivity index (χ3n) is 3.82. The van der Waals surface area contributed by atoms with Gasteiger partial charge in [-0.25, -0.2) is 0 Å². The number of hydrogen-bond acceptors (Lipinski definition) is 4. The Morgan fingerprint density at radius 2 is 1.60 bits per heavy atom. The number of benzene rings is 1. The van der Waals surface area contributed by atoms with Gasteiger partial charge >= 0.3 is 0 Å². The molecule has 0 saturated carbocycles. The Bertz CT molecular complexity index is 639. The van der Waals surface area contributed by atoms with E-state index in [2.05, 4.69) is 26.1 Å². The summed E-state index contributed by atoms with van der Waals surface area (Å²) in [6.45, 7) is 0. The quantitative estimate of drug-likeness (QED) is 0.183. The van der Waals surface area contributed by atoms with Gasteiger partial charge in [0.15, 0.2) is 0 Å². The van der Waals surface area contributed by atoms with Crippen molar-refractivity contribution in [3.63, 3.8) is 0 Å². The first-order chi connectivity index (χ1) is 12.2. The second-order valence-electron chi connectivity index (χ2n) is 5.86. The van der Waals surface area contributed by atoms with Gasteiger partial charge in [0, 0.05) is 16.1 Å². The van der Waals surface area contributed by atoms with E-state index in [4.69, 9.17) is 27.6 Å². The molecule has 0 amide bonds. The first kappa shape index (κ1) is 21.1. The lowest BCUT2D eigenvalue weighted by Crippen LogP contribution is -1.84. The Kier molecular flexibility index (Phi) is 10.3. The van der Waals surface area contributed by atoms with Crippen molar-refractivity contribution in [3.05, 3.63) is 28.2 Å². The van der Waals surface area contributed by atoms with E-state index in [0.717, 1.165) is 11.1 Å². The molecule has 0 bridgehead atoms. The molecule has 0 radical (unpaired) electrons. The lowest BCUT2D eigenvalue weighted by molar-refractivity contribution is 0.465. The second kappa shape index (κ2) is 12.2. The Labute approximate surface area is 172 Å². The zero-order chi connectivity index (χ0) is 17.9. The van der Waals surface area contributed by atoms with Crippen LogP contribution < -0.4 is 0 Å². The van der Waals surface area contributed by atoms with Crippen LogP contribution in [0.15, 0.2) is 27.8 Å². The SMILES string of the molecule is Clc1ccc(-c2nnc(SCCCCCCCCCCBr)o2)c(Cl)c1. The van der Waals surface area contributed by atoms with Crippen molar-refractivity contribution in [2.75, 3.05) is 11.1 Å². The smallest absolute Gasteiger partial charge is 0.276 e. The van der Waals surface area contributed by atoms with Gasteiger partial charge in [-0.2, -0.15) is 0 Å². The summed E-state index contributed by atoms with van der Waals surface area (Å²) in [5.41, 5.74) is 0.713. The minimum Gasteiger partial charge on any atom is -0.411 e. The summed E-state index contributed by atoms with van der Waals surface area (Å²) in [7, 11) is 0. The van der Waals surface area contributed by atoms with Gasteiger partial charge in [0.2, 0.25) is 5.89 Å². The summed E-state index contributed by atoms with van der Waals surface area (Å²) in [4.78, 5) is 0. The van der Waals surface area contributed by atoms with Crippen LogP contribution in [0, 0.1) is 0 Å². The maximum Gasteiger partial charge on any atom is 0.276 e. The molecule has 3 nitrogen and oxygen atoms in total. The van der Waals surface area contributed by atoms with Crippen LogP contribution in [-0.2, 0) is 0 Å². The highest BCUT2D eigenvalue weighted by molar-refractivity contribution is 9.09.